The predicted molar refractivity (Wildman–Crippen MR) is 70.9 cm³/mol. The molecule has 0 aliphatic carbocycles. The zero-order valence-corrected chi connectivity index (χ0v) is 11.5. The van der Waals surface area contributed by atoms with E-state index in [0.717, 1.165) is 9.04 Å². The van der Waals surface area contributed by atoms with Gasteiger partial charge in [-0.3, -0.25) is 4.79 Å². The van der Waals surface area contributed by atoms with Crippen molar-refractivity contribution in [1.82, 2.24) is 9.55 Å². The molecule has 1 aromatic heterocycles. The van der Waals surface area contributed by atoms with Gasteiger partial charge in [0.15, 0.2) is 0 Å². The SMILES string of the molecule is CCOC(=O)n1c(=O)c(C)nc2cc(Br)ccc21. The molecule has 0 aliphatic heterocycles. The summed E-state index contributed by atoms with van der Waals surface area (Å²) < 4.78 is 6.72. The normalized spacial score (nSPS) is 10.6. The van der Waals surface area contributed by atoms with Gasteiger partial charge in [0, 0.05) is 4.47 Å². The van der Waals surface area contributed by atoms with E-state index >= 15 is 0 Å². The second-order valence-corrected chi connectivity index (χ2v) is 4.59. The molecule has 0 saturated heterocycles. The molecular formula is C12H11BrN2O3. The minimum atomic E-state index is -0.680. The molecule has 0 radical (unpaired) electrons. The maximum atomic E-state index is 12.0. The summed E-state index contributed by atoms with van der Waals surface area (Å²) in [7, 11) is 0. The third kappa shape index (κ3) is 2.15. The molecule has 0 N–H and O–H groups in total. The van der Waals surface area contributed by atoms with Crippen molar-refractivity contribution in [2.45, 2.75) is 13.8 Å². The van der Waals surface area contributed by atoms with Gasteiger partial charge in [-0.25, -0.2) is 14.3 Å². The van der Waals surface area contributed by atoms with Crippen molar-refractivity contribution in [3.63, 3.8) is 0 Å². The summed E-state index contributed by atoms with van der Waals surface area (Å²) in [6.07, 6.45) is -0.680. The molecular weight excluding hydrogens is 300 g/mol. The van der Waals surface area contributed by atoms with Gasteiger partial charge in [-0.05, 0) is 32.0 Å². The fourth-order valence-electron chi connectivity index (χ4n) is 1.64. The first-order chi connectivity index (χ1) is 8.54. The van der Waals surface area contributed by atoms with Gasteiger partial charge in [-0.2, -0.15) is 0 Å². The molecule has 0 bridgehead atoms. The zero-order valence-electron chi connectivity index (χ0n) is 9.94. The number of aromatic nitrogens is 2. The molecule has 0 unspecified atom stereocenters. The second kappa shape index (κ2) is 4.89. The van der Waals surface area contributed by atoms with Gasteiger partial charge in [-0.1, -0.05) is 15.9 Å². The Balaban J connectivity index is 2.80. The van der Waals surface area contributed by atoms with Crippen molar-refractivity contribution >= 4 is 33.1 Å². The minimum absolute atomic E-state index is 0.213. The van der Waals surface area contributed by atoms with Crippen LogP contribution in [-0.4, -0.2) is 22.3 Å². The monoisotopic (exact) mass is 310 g/mol. The number of benzene rings is 1. The Hall–Kier alpha value is -1.69. The van der Waals surface area contributed by atoms with Gasteiger partial charge in [0.25, 0.3) is 5.56 Å². The number of halogens is 1. The number of carbonyl (C=O) groups excluding carboxylic acids is 1. The third-order valence-electron chi connectivity index (χ3n) is 2.43. The van der Waals surface area contributed by atoms with Crippen molar-refractivity contribution in [3.8, 4) is 0 Å². The first-order valence-corrected chi connectivity index (χ1v) is 6.20. The lowest BCUT2D eigenvalue weighted by Gasteiger charge is -2.09. The van der Waals surface area contributed by atoms with E-state index < -0.39 is 11.7 Å². The van der Waals surface area contributed by atoms with Crippen LogP contribution in [0.1, 0.15) is 12.6 Å². The van der Waals surface area contributed by atoms with Crippen LogP contribution in [-0.2, 0) is 4.74 Å². The van der Waals surface area contributed by atoms with Gasteiger partial charge < -0.3 is 4.74 Å². The second-order valence-electron chi connectivity index (χ2n) is 3.67. The number of hydrogen-bond acceptors (Lipinski definition) is 4. The van der Waals surface area contributed by atoms with Crippen LogP contribution in [0.15, 0.2) is 27.5 Å². The highest BCUT2D eigenvalue weighted by atomic mass is 79.9. The van der Waals surface area contributed by atoms with E-state index in [-0.39, 0.29) is 12.3 Å². The van der Waals surface area contributed by atoms with Crippen LogP contribution in [0, 0.1) is 6.92 Å². The van der Waals surface area contributed by atoms with Crippen LogP contribution in [0.2, 0.25) is 0 Å². The molecule has 0 amide bonds. The molecule has 5 nitrogen and oxygen atoms in total. The third-order valence-corrected chi connectivity index (χ3v) is 2.92. The van der Waals surface area contributed by atoms with Crippen molar-refractivity contribution < 1.29 is 9.53 Å². The molecule has 0 saturated carbocycles. The average molecular weight is 311 g/mol. The summed E-state index contributed by atoms with van der Waals surface area (Å²) in [5.41, 5.74) is 0.804. The van der Waals surface area contributed by atoms with E-state index in [1.54, 1.807) is 32.0 Å². The van der Waals surface area contributed by atoms with E-state index in [9.17, 15) is 9.59 Å². The van der Waals surface area contributed by atoms with Crippen molar-refractivity contribution in [2.24, 2.45) is 0 Å². The van der Waals surface area contributed by atoms with E-state index in [1.165, 1.54) is 0 Å². The summed E-state index contributed by atoms with van der Waals surface area (Å²) in [5, 5.41) is 0. The predicted octanol–water partition coefficient (Wildman–Crippen LogP) is 2.47. The van der Waals surface area contributed by atoms with Crippen LogP contribution in [0.25, 0.3) is 11.0 Å². The number of rotatable bonds is 1. The Kier molecular flexibility index (Phi) is 3.47. The van der Waals surface area contributed by atoms with Crippen LogP contribution in [0.3, 0.4) is 0 Å². The Bertz CT molecular complexity index is 679. The van der Waals surface area contributed by atoms with E-state index in [2.05, 4.69) is 20.9 Å². The van der Waals surface area contributed by atoms with E-state index in [4.69, 9.17) is 4.74 Å². The van der Waals surface area contributed by atoms with Crippen LogP contribution in [0.4, 0.5) is 4.79 Å². The first kappa shape index (κ1) is 12.8. The van der Waals surface area contributed by atoms with Crippen molar-refractivity contribution in [1.29, 1.82) is 0 Å². The number of ether oxygens (including phenoxy) is 1. The average Bonchev–Trinajstić information content (AvgIpc) is 2.31. The van der Waals surface area contributed by atoms with Gasteiger partial charge in [0.05, 0.1) is 17.6 Å². The summed E-state index contributed by atoms with van der Waals surface area (Å²) in [6, 6.07) is 5.15. The summed E-state index contributed by atoms with van der Waals surface area (Å²) in [6.45, 7) is 3.47. The van der Waals surface area contributed by atoms with E-state index in [0.29, 0.717) is 11.0 Å². The van der Waals surface area contributed by atoms with Crippen LogP contribution >= 0.6 is 15.9 Å². The van der Waals surface area contributed by atoms with Gasteiger partial charge in [-0.15, -0.1) is 0 Å². The van der Waals surface area contributed by atoms with Gasteiger partial charge in [0.2, 0.25) is 0 Å². The molecule has 2 aromatic rings. The largest absolute Gasteiger partial charge is 0.449 e. The topological polar surface area (TPSA) is 61.2 Å². The molecule has 0 atom stereocenters. The highest BCUT2D eigenvalue weighted by Crippen LogP contribution is 2.17. The minimum Gasteiger partial charge on any atom is -0.449 e. The number of carbonyl (C=O) groups is 1. The molecule has 0 aliphatic rings. The van der Waals surface area contributed by atoms with E-state index in [1.807, 2.05) is 0 Å². The molecule has 1 heterocycles. The molecule has 2 rings (SSSR count). The fourth-order valence-corrected chi connectivity index (χ4v) is 1.99. The van der Waals surface area contributed by atoms with Crippen molar-refractivity contribution in [3.05, 3.63) is 38.7 Å². The molecule has 94 valence electrons. The van der Waals surface area contributed by atoms with Crippen molar-refractivity contribution in [2.75, 3.05) is 6.61 Å². The molecule has 18 heavy (non-hydrogen) atoms. The Morgan fingerprint density at radius 2 is 2.22 bits per heavy atom. The number of aryl methyl sites for hydroxylation is 1. The standard InChI is InChI=1S/C12H11BrN2O3/c1-3-18-12(17)15-10-5-4-8(13)6-9(10)14-7(2)11(15)16/h4-6H,3H2,1-2H3. The highest BCUT2D eigenvalue weighted by molar-refractivity contribution is 9.10. The lowest BCUT2D eigenvalue weighted by Crippen LogP contribution is -2.30. The lowest BCUT2D eigenvalue weighted by molar-refractivity contribution is 0.154. The first-order valence-electron chi connectivity index (χ1n) is 5.40. The highest BCUT2D eigenvalue weighted by Gasteiger charge is 2.15. The lowest BCUT2D eigenvalue weighted by atomic mass is 10.3. The summed E-state index contributed by atoms with van der Waals surface area (Å²) in [4.78, 5) is 28.0. The zero-order chi connectivity index (χ0) is 13.3. The van der Waals surface area contributed by atoms with Crippen LogP contribution < -0.4 is 5.56 Å². The fraction of sp³-hybridized carbons (Fsp3) is 0.250. The number of fused-ring (bicyclic) bond motifs is 1. The maximum Gasteiger partial charge on any atom is 0.421 e. The smallest absolute Gasteiger partial charge is 0.421 e. The Morgan fingerprint density at radius 3 is 2.89 bits per heavy atom. The summed E-state index contributed by atoms with van der Waals surface area (Å²) >= 11 is 3.32. The van der Waals surface area contributed by atoms with Gasteiger partial charge in [0.1, 0.15) is 5.69 Å². The molecule has 0 spiro atoms. The Labute approximate surface area is 112 Å². The quantitative estimate of drug-likeness (QED) is 0.812. The number of hydrogen-bond donors (Lipinski definition) is 0. The summed E-state index contributed by atoms with van der Waals surface area (Å²) in [5.74, 6) is 0. The number of nitrogens with zero attached hydrogens (tertiary/aromatic N) is 2. The van der Waals surface area contributed by atoms with Crippen LogP contribution in [0.5, 0.6) is 0 Å². The maximum absolute atomic E-state index is 12.0. The molecule has 6 heteroatoms. The molecule has 1 aromatic carbocycles. The Morgan fingerprint density at radius 1 is 1.50 bits per heavy atom. The molecule has 0 fully saturated rings. The van der Waals surface area contributed by atoms with Gasteiger partial charge >= 0.3 is 6.09 Å².